The molecule has 0 saturated carbocycles. The molecule has 0 aliphatic carbocycles. The van der Waals surface area contributed by atoms with Crippen molar-refractivity contribution in [3.63, 3.8) is 0 Å². The van der Waals surface area contributed by atoms with E-state index in [4.69, 9.17) is 12.2 Å². The van der Waals surface area contributed by atoms with Gasteiger partial charge in [-0.25, -0.2) is 0 Å². The van der Waals surface area contributed by atoms with E-state index in [0.29, 0.717) is 6.04 Å². The molecule has 0 bridgehead atoms. The number of nitrogens with zero attached hydrogens (tertiary/aromatic N) is 1. The number of rotatable bonds is 2. The second-order valence-corrected chi connectivity index (χ2v) is 4.88. The first-order valence-electron chi connectivity index (χ1n) is 4.81. The lowest BCUT2D eigenvalue weighted by Gasteiger charge is -2.36. The minimum atomic E-state index is 0.258. The van der Waals surface area contributed by atoms with Crippen molar-refractivity contribution in [1.82, 2.24) is 10.2 Å². The zero-order valence-corrected chi connectivity index (χ0v) is 10.5. The third-order valence-electron chi connectivity index (χ3n) is 2.48. The summed E-state index contributed by atoms with van der Waals surface area (Å²) in [6.45, 7) is 11.8. The van der Waals surface area contributed by atoms with Crippen molar-refractivity contribution in [1.29, 1.82) is 0 Å². The molecule has 0 aliphatic rings. The van der Waals surface area contributed by atoms with Gasteiger partial charge in [0.2, 0.25) is 0 Å². The minimum absolute atomic E-state index is 0.258. The predicted molar refractivity (Wildman–Crippen MR) is 63.0 cm³/mol. The lowest BCUT2D eigenvalue weighted by Crippen LogP contribution is -2.47. The van der Waals surface area contributed by atoms with E-state index in [9.17, 15) is 0 Å². The highest BCUT2D eigenvalue weighted by Gasteiger charge is 2.24. The first-order chi connectivity index (χ1) is 5.80. The average Bonchev–Trinajstić information content (AvgIpc) is 2.00. The molecule has 78 valence electrons. The Morgan fingerprint density at radius 3 is 2.23 bits per heavy atom. The van der Waals surface area contributed by atoms with E-state index in [-0.39, 0.29) is 5.41 Å². The summed E-state index contributed by atoms with van der Waals surface area (Å²) in [6, 6.07) is 0.444. The van der Waals surface area contributed by atoms with Gasteiger partial charge in [-0.3, -0.25) is 0 Å². The molecule has 0 fully saturated rings. The predicted octanol–water partition coefficient (Wildman–Crippen LogP) is 2.25. The molecule has 0 aromatic carbocycles. The molecule has 0 saturated heterocycles. The second-order valence-electron chi connectivity index (χ2n) is 4.49. The van der Waals surface area contributed by atoms with Crippen molar-refractivity contribution in [2.45, 2.75) is 40.7 Å². The normalized spacial score (nSPS) is 13.7. The minimum Gasteiger partial charge on any atom is -0.363 e. The summed E-state index contributed by atoms with van der Waals surface area (Å²) in [6.07, 6.45) is 0. The number of thiocarbonyl (C=S) groups is 1. The van der Waals surface area contributed by atoms with E-state index in [1.54, 1.807) is 0 Å². The molecule has 0 radical (unpaired) electrons. The molecular weight excluding hydrogens is 180 g/mol. The molecule has 0 heterocycles. The second kappa shape index (κ2) is 4.80. The topological polar surface area (TPSA) is 15.3 Å². The zero-order chi connectivity index (χ0) is 10.6. The van der Waals surface area contributed by atoms with Crippen molar-refractivity contribution in [2.24, 2.45) is 5.41 Å². The highest BCUT2D eigenvalue weighted by atomic mass is 32.1. The van der Waals surface area contributed by atoms with Crippen molar-refractivity contribution in [3.05, 3.63) is 0 Å². The summed E-state index contributed by atoms with van der Waals surface area (Å²) < 4.78 is 0. The van der Waals surface area contributed by atoms with E-state index in [0.717, 1.165) is 11.7 Å². The Hall–Kier alpha value is -0.310. The molecular formula is C10H22N2S. The van der Waals surface area contributed by atoms with Crippen LogP contribution in [0.1, 0.15) is 34.6 Å². The number of nitrogens with one attached hydrogen (secondary N) is 1. The van der Waals surface area contributed by atoms with E-state index in [1.807, 2.05) is 7.05 Å². The Balaban J connectivity index is 4.25. The molecule has 2 nitrogen and oxygen atoms in total. The first-order valence-corrected chi connectivity index (χ1v) is 5.22. The standard InChI is InChI=1S/C10H22N2S/c1-7-11-9(13)12(6)8(2)10(3,4)5/h8H,7H2,1-6H3,(H,11,13). The Morgan fingerprint density at radius 1 is 1.46 bits per heavy atom. The van der Waals surface area contributed by atoms with Gasteiger partial charge in [0.25, 0.3) is 0 Å². The van der Waals surface area contributed by atoms with Crippen molar-refractivity contribution < 1.29 is 0 Å². The van der Waals surface area contributed by atoms with Crippen LogP contribution in [-0.4, -0.2) is 29.6 Å². The zero-order valence-electron chi connectivity index (χ0n) is 9.64. The molecule has 0 aromatic rings. The molecule has 1 atom stereocenters. The SMILES string of the molecule is CCNC(=S)N(C)C(C)C(C)(C)C. The van der Waals surface area contributed by atoms with Gasteiger partial charge in [0, 0.05) is 19.6 Å². The van der Waals surface area contributed by atoms with Gasteiger partial charge < -0.3 is 10.2 Å². The third kappa shape index (κ3) is 3.94. The van der Waals surface area contributed by atoms with Crippen LogP contribution in [0.15, 0.2) is 0 Å². The molecule has 0 rings (SSSR count). The highest BCUT2D eigenvalue weighted by Crippen LogP contribution is 2.22. The van der Waals surface area contributed by atoms with Crippen LogP contribution in [0.2, 0.25) is 0 Å². The maximum absolute atomic E-state index is 5.24. The number of hydrogen-bond acceptors (Lipinski definition) is 1. The van der Waals surface area contributed by atoms with Gasteiger partial charge in [0.05, 0.1) is 0 Å². The van der Waals surface area contributed by atoms with Gasteiger partial charge in [0.1, 0.15) is 0 Å². The maximum Gasteiger partial charge on any atom is 0.168 e. The molecule has 13 heavy (non-hydrogen) atoms. The van der Waals surface area contributed by atoms with Crippen LogP contribution in [0.4, 0.5) is 0 Å². The fourth-order valence-electron chi connectivity index (χ4n) is 1.03. The first kappa shape index (κ1) is 12.7. The van der Waals surface area contributed by atoms with Crippen LogP contribution in [-0.2, 0) is 0 Å². The summed E-state index contributed by atoms with van der Waals surface area (Å²) in [7, 11) is 2.04. The molecule has 1 N–H and O–H groups in total. The Labute approximate surface area is 87.7 Å². The summed E-state index contributed by atoms with van der Waals surface area (Å²) in [5.41, 5.74) is 0.258. The fourth-order valence-corrected chi connectivity index (χ4v) is 1.34. The Kier molecular flexibility index (Phi) is 4.68. The van der Waals surface area contributed by atoms with Crippen molar-refractivity contribution in [2.75, 3.05) is 13.6 Å². The third-order valence-corrected chi connectivity index (χ3v) is 2.91. The van der Waals surface area contributed by atoms with Crippen molar-refractivity contribution in [3.8, 4) is 0 Å². The summed E-state index contributed by atoms with van der Waals surface area (Å²) >= 11 is 5.24. The van der Waals surface area contributed by atoms with Crippen LogP contribution >= 0.6 is 12.2 Å². The van der Waals surface area contributed by atoms with Gasteiger partial charge in [-0.15, -0.1) is 0 Å². The van der Waals surface area contributed by atoms with Crippen LogP contribution in [0.3, 0.4) is 0 Å². The quantitative estimate of drug-likeness (QED) is 0.691. The van der Waals surface area contributed by atoms with Gasteiger partial charge in [0.15, 0.2) is 5.11 Å². The smallest absolute Gasteiger partial charge is 0.168 e. The lowest BCUT2D eigenvalue weighted by atomic mass is 9.87. The van der Waals surface area contributed by atoms with Gasteiger partial charge in [-0.05, 0) is 31.5 Å². The van der Waals surface area contributed by atoms with Crippen LogP contribution < -0.4 is 5.32 Å². The van der Waals surface area contributed by atoms with E-state index in [1.165, 1.54) is 0 Å². The molecule has 0 aliphatic heterocycles. The van der Waals surface area contributed by atoms with Crippen LogP contribution in [0, 0.1) is 5.41 Å². The highest BCUT2D eigenvalue weighted by molar-refractivity contribution is 7.80. The molecule has 3 heteroatoms. The summed E-state index contributed by atoms with van der Waals surface area (Å²) in [5.74, 6) is 0. The monoisotopic (exact) mass is 202 g/mol. The fraction of sp³-hybridized carbons (Fsp3) is 0.900. The van der Waals surface area contributed by atoms with Crippen LogP contribution in [0.25, 0.3) is 0 Å². The van der Waals surface area contributed by atoms with Gasteiger partial charge in [-0.1, -0.05) is 20.8 Å². The average molecular weight is 202 g/mol. The van der Waals surface area contributed by atoms with Crippen molar-refractivity contribution >= 4 is 17.3 Å². The Bertz CT molecular complexity index is 172. The van der Waals surface area contributed by atoms with E-state index < -0.39 is 0 Å². The van der Waals surface area contributed by atoms with Crippen LogP contribution in [0.5, 0.6) is 0 Å². The van der Waals surface area contributed by atoms with Gasteiger partial charge in [-0.2, -0.15) is 0 Å². The number of hydrogen-bond donors (Lipinski definition) is 1. The van der Waals surface area contributed by atoms with Gasteiger partial charge >= 0.3 is 0 Å². The lowest BCUT2D eigenvalue weighted by molar-refractivity contribution is 0.207. The van der Waals surface area contributed by atoms with E-state index in [2.05, 4.69) is 44.8 Å². The summed E-state index contributed by atoms with van der Waals surface area (Å²) in [4.78, 5) is 2.12. The Morgan fingerprint density at radius 2 is 1.92 bits per heavy atom. The van der Waals surface area contributed by atoms with E-state index >= 15 is 0 Å². The molecule has 1 unspecified atom stereocenters. The summed E-state index contributed by atoms with van der Waals surface area (Å²) in [5, 5.41) is 3.99. The molecule has 0 amide bonds. The largest absolute Gasteiger partial charge is 0.363 e. The maximum atomic E-state index is 5.24. The molecule has 0 spiro atoms. The molecule has 0 aromatic heterocycles.